The minimum Gasteiger partial charge on any atom is -0.355 e. The van der Waals surface area contributed by atoms with Crippen LogP contribution >= 0.6 is 15.9 Å². The van der Waals surface area contributed by atoms with Gasteiger partial charge in [-0.2, -0.15) is 0 Å². The number of nitrogens with one attached hydrogen (secondary N) is 1. The molecule has 0 aromatic heterocycles. The van der Waals surface area contributed by atoms with Gasteiger partial charge in [-0.3, -0.25) is 4.79 Å². The maximum atomic E-state index is 11.1. The second-order valence-corrected chi connectivity index (χ2v) is 4.53. The smallest absolute Gasteiger partial charge is 0.230 e. The van der Waals surface area contributed by atoms with Gasteiger partial charge in [0.2, 0.25) is 5.91 Å². The molecule has 2 nitrogen and oxygen atoms in total. The van der Waals surface area contributed by atoms with Crippen molar-refractivity contribution >= 4 is 21.8 Å². The Hall–Kier alpha value is -0.0500. The van der Waals surface area contributed by atoms with E-state index in [2.05, 4.69) is 28.2 Å². The molecule has 3 heteroatoms. The second kappa shape index (κ2) is 4.99. The zero-order chi connectivity index (χ0) is 9.73. The van der Waals surface area contributed by atoms with Crippen LogP contribution in [0.15, 0.2) is 0 Å². The molecular weight excluding hydrogens is 230 g/mol. The van der Waals surface area contributed by atoms with Crippen molar-refractivity contribution in [3.63, 3.8) is 0 Å². The first-order valence-corrected chi connectivity index (χ1v) is 6.17. The van der Waals surface area contributed by atoms with Crippen molar-refractivity contribution in [2.75, 3.05) is 11.9 Å². The van der Waals surface area contributed by atoms with Crippen molar-refractivity contribution in [2.45, 2.75) is 39.0 Å². The Labute approximate surface area is 88.6 Å². The number of carbonyl (C=O) groups is 1. The highest BCUT2D eigenvalue weighted by Crippen LogP contribution is 2.40. The van der Waals surface area contributed by atoms with E-state index in [1.54, 1.807) is 0 Å². The largest absolute Gasteiger partial charge is 0.355 e. The molecule has 1 saturated carbocycles. The zero-order valence-electron chi connectivity index (χ0n) is 8.24. The van der Waals surface area contributed by atoms with Gasteiger partial charge < -0.3 is 5.32 Å². The van der Waals surface area contributed by atoms with E-state index in [9.17, 15) is 4.79 Å². The average Bonchev–Trinajstić information content (AvgIpc) is 2.63. The molecule has 1 aliphatic carbocycles. The lowest BCUT2D eigenvalue weighted by Crippen LogP contribution is -2.36. The fraction of sp³-hybridized carbons (Fsp3) is 0.900. The van der Waals surface area contributed by atoms with Gasteiger partial charge in [-0.05, 0) is 24.7 Å². The van der Waals surface area contributed by atoms with Crippen molar-refractivity contribution in [3.05, 3.63) is 0 Å². The van der Waals surface area contributed by atoms with E-state index in [0.29, 0.717) is 10.7 Å². The molecule has 0 atom stereocenters. The van der Waals surface area contributed by atoms with Crippen molar-refractivity contribution in [2.24, 2.45) is 5.41 Å². The summed E-state index contributed by atoms with van der Waals surface area (Å²) in [6.07, 6.45) is 6.42. The fourth-order valence-corrected chi connectivity index (χ4v) is 2.31. The standard InChI is InChI=1S/C10H18BrNO/c1-2-10(5-3-4-6-10)8-12-9(13)7-11/h2-8H2,1H3,(H,12,13). The summed E-state index contributed by atoms with van der Waals surface area (Å²) in [5, 5.41) is 3.40. The summed E-state index contributed by atoms with van der Waals surface area (Å²) in [5.41, 5.74) is 0.415. The average molecular weight is 248 g/mol. The number of hydrogen-bond donors (Lipinski definition) is 1. The Balaban J connectivity index is 2.35. The topological polar surface area (TPSA) is 29.1 Å². The SMILES string of the molecule is CCC1(CNC(=O)CBr)CCCC1. The number of amides is 1. The first-order valence-electron chi connectivity index (χ1n) is 5.05. The van der Waals surface area contributed by atoms with E-state index in [0.717, 1.165) is 6.54 Å². The number of hydrogen-bond acceptors (Lipinski definition) is 1. The third-order valence-corrected chi connectivity index (χ3v) is 3.71. The van der Waals surface area contributed by atoms with Gasteiger partial charge in [0, 0.05) is 6.54 Å². The number of rotatable bonds is 4. The molecule has 1 fully saturated rings. The highest BCUT2D eigenvalue weighted by Gasteiger charge is 2.31. The molecule has 13 heavy (non-hydrogen) atoms. The molecule has 0 aromatic rings. The minimum atomic E-state index is 0.111. The molecule has 0 aliphatic heterocycles. The van der Waals surface area contributed by atoms with E-state index in [-0.39, 0.29) is 5.91 Å². The lowest BCUT2D eigenvalue weighted by Gasteiger charge is -2.27. The van der Waals surface area contributed by atoms with E-state index >= 15 is 0 Å². The van der Waals surface area contributed by atoms with Crippen LogP contribution in [0.25, 0.3) is 0 Å². The summed E-state index contributed by atoms with van der Waals surface area (Å²) < 4.78 is 0. The Morgan fingerprint density at radius 2 is 2.08 bits per heavy atom. The highest BCUT2D eigenvalue weighted by atomic mass is 79.9. The first kappa shape index (κ1) is 11.0. The monoisotopic (exact) mass is 247 g/mol. The van der Waals surface area contributed by atoms with Crippen LogP contribution in [0.4, 0.5) is 0 Å². The maximum absolute atomic E-state index is 11.1. The summed E-state index contributed by atoms with van der Waals surface area (Å²) in [4.78, 5) is 11.1. The van der Waals surface area contributed by atoms with Gasteiger partial charge in [0.1, 0.15) is 0 Å². The van der Waals surface area contributed by atoms with Gasteiger partial charge in [-0.15, -0.1) is 0 Å². The molecule has 1 amide bonds. The summed E-state index contributed by atoms with van der Waals surface area (Å²) in [6, 6.07) is 0. The first-order chi connectivity index (χ1) is 6.22. The molecule has 1 rings (SSSR count). The molecule has 0 spiro atoms. The Morgan fingerprint density at radius 3 is 2.54 bits per heavy atom. The Bertz CT molecular complexity index is 176. The van der Waals surface area contributed by atoms with E-state index in [1.165, 1.54) is 32.1 Å². The number of carbonyl (C=O) groups excluding carboxylic acids is 1. The van der Waals surface area contributed by atoms with Gasteiger partial charge in [0.15, 0.2) is 0 Å². The third-order valence-electron chi connectivity index (χ3n) is 3.20. The van der Waals surface area contributed by atoms with Crippen molar-refractivity contribution in [3.8, 4) is 0 Å². The van der Waals surface area contributed by atoms with Crippen molar-refractivity contribution in [1.82, 2.24) is 5.32 Å². The van der Waals surface area contributed by atoms with Crippen LogP contribution in [0.1, 0.15) is 39.0 Å². The lowest BCUT2D eigenvalue weighted by molar-refractivity contribution is -0.119. The van der Waals surface area contributed by atoms with E-state index < -0.39 is 0 Å². The Kier molecular flexibility index (Phi) is 4.23. The summed E-state index contributed by atoms with van der Waals surface area (Å²) in [7, 11) is 0. The predicted octanol–water partition coefficient (Wildman–Crippen LogP) is 2.47. The molecular formula is C10H18BrNO. The van der Waals surface area contributed by atoms with Crippen LogP contribution in [0.2, 0.25) is 0 Å². The predicted molar refractivity (Wildman–Crippen MR) is 58.0 cm³/mol. The summed E-state index contributed by atoms with van der Waals surface area (Å²) >= 11 is 3.15. The quantitative estimate of drug-likeness (QED) is 0.761. The molecule has 0 radical (unpaired) electrons. The van der Waals surface area contributed by atoms with Gasteiger partial charge >= 0.3 is 0 Å². The van der Waals surface area contributed by atoms with Gasteiger partial charge in [-0.1, -0.05) is 35.7 Å². The van der Waals surface area contributed by atoms with E-state index in [4.69, 9.17) is 0 Å². The van der Waals surface area contributed by atoms with Crippen LogP contribution in [-0.2, 0) is 4.79 Å². The Morgan fingerprint density at radius 1 is 1.46 bits per heavy atom. The highest BCUT2D eigenvalue weighted by molar-refractivity contribution is 9.09. The van der Waals surface area contributed by atoms with Crippen molar-refractivity contribution in [1.29, 1.82) is 0 Å². The van der Waals surface area contributed by atoms with Gasteiger partial charge in [-0.25, -0.2) is 0 Å². The third kappa shape index (κ3) is 2.97. The van der Waals surface area contributed by atoms with Crippen LogP contribution in [0.5, 0.6) is 0 Å². The molecule has 0 saturated heterocycles. The fourth-order valence-electron chi connectivity index (χ4n) is 2.11. The molecule has 1 aliphatic rings. The summed E-state index contributed by atoms with van der Waals surface area (Å²) in [5.74, 6) is 0.111. The normalized spacial score (nSPS) is 20.2. The summed E-state index contributed by atoms with van der Waals surface area (Å²) in [6.45, 7) is 3.10. The second-order valence-electron chi connectivity index (χ2n) is 3.97. The minimum absolute atomic E-state index is 0.111. The maximum Gasteiger partial charge on any atom is 0.230 e. The molecule has 0 heterocycles. The lowest BCUT2D eigenvalue weighted by atomic mass is 9.83. The molecule has 0 bridgehead atoms. The van der Waals surface area contributed by atoms with Gasteiger partial charge in [0.25, 0.3) is 0 Å². The molecule has 1 N–H and O–H groups in total. The van der Waals surface area contributed by atoms with Crippen LogP contribution < -0.4 is 5.32 Å². The zero-order valence-corrected chi connectivity index (χ0v) is 9.82. The van der Waals surface area contributed by atoms with E-state index in [1.807, 2.05) is 0 Å². The van der Waals surface area contributed by atoms with Gasteiger partial charge in [0.05, 0.1) is 5.33 Å². The number of halogens is 1. The van der Waals surface area contributed by atoms with Crippen LogP contribution in [0.3, 0.4) is 0 Å². The van der Waals surface area contributed by atoms with Crippen molar-refractivity contribution < 1.29 is 4.79 Å². The molecule has 0 aromatic carbocycles. The van der Waals surface area contributed by atoms with Crippen LogP contribution in [0, 0.1) is 5.41 Å². The molecule has 76 valence electrons. The number of alkyl halides is 1. The molecule has 0 unspecified atom stereocenters. The van der Waals surface area contributed by atoms with Crippen LogP contribution in [-0.4, -0.2) is 17.8 Å².